The lowest BCUT2D eigenvalue weighted by Gasteiger charge is -2.09. The molecule has 0 fully saturated rings. The zero-order chi connectivity index (χ0) is 18.5. The highest BCUT2D eigenvalue weighted by Crippen LogP contribution is 2.38. The van der Waals surface area contributed by atoms with Gasteiger partial charge in [0.15, 0.2) is 0 Å². The molecule has 3 aromatic carbocycles. The summed E-state index contributed by atoms with van der Waals surface area (Å²) in [7, 11) is 0. The van der Waals surface area contributed by atoms with E-state index in [0.717, 1.165) is 16.9 Å². The molecule has 28 heavy (non-hydrogen) atoms. The summed E-state index contributed by atoms with van der Waals surface area (Å²) in [6.45, 7) is 0. The van der Waals surface area contributed by atoms with Crippen molar-refractivity contribution >= 4 is 43.2 Å². The van der Waals surface area contributed by atoms with E-state index in [-0.39, 0.29) is 0 Å². The molecule has 3 nitrogen and oxygen atoms in total. The molecule has 0 unspecified atom stereocenters. The van der Waals surface area contributed by atoms with Gasteiger partial charge in [-0.05, 0) is 35.7 Å². The average Bonchev–Trinajstić information content (AvgIpc) is 3.36. The Bertz CT molecular complexity index is 1460. The summed E-state index contributed by atoms with van der Waals surface area (Å²) < 4.78 is 3.61. The van der Waals surface area contributed by atoms with E-state index >= 15 is 0 Å². The van der Waals surface area contributed by atoms with Crippen LogP contribution in [0.3, 0.4) is 0 Å². The maximum atomic E-state index is 4.36. The van der Waals surface area contributed by atoms with Gasteiger partial charge in [-0.25, -0.2) is 0 Å². The molecule has 0 aliphatic heterocycles. The van der Waals surface area contributed by atoms with Crippen LogP contribution in [0.1, 0.15) is 0 Å². The van der Waals surface area contributed by atoms with E-state index in [4.69, 9.17) is 0 Å². The summed E-state index contributed by atoms with van der Waals surface area (Å²) in [5, 5.41) is 14.7. The van der Waals surface area contributed by atoms with Crippen LogP contribution < -0.4 is 0 Å². The lowest BCUT2D eigenvalue weighted by atomic mass is 10.1. The third-order valence-corrected chi connectivity index (χ3v) is 6.12. The summed E-state index contributed by atoms with van der Waals surface area (Å²) in [6.07, 6.45) is 1.84. The van der Waals surface area contributed by atoms with E-state index in [1.54, 1.807) is 11.3 Å². The van der Waals surface area contributed by atoms with Crippen LogP contribution in [0.25, 0.3) is 48.8 Å². The van der Waals surface area contributed by atoms with Crippen molar-refractivity contribution in [3.8, 4) is 16.9 Å². The van der Waals surface area contributed by atoms with Crippen molar-refractivity contribution in [1.82, 2.24) is 14.8 Å². The summed E-state index contributed by atoms with van der Waals surface area (Å²) in [5.41, 5.74) is 5.34. The van der Waals surface area contributed by atoms with Gasteiger partial charge in [0.25, 0.3) is 0 Å². The van der Waals surface area contributed by atoms with Crippen LogP contribution in [0.15, 0.2) is 90.4 Å². The summed E-state index contributed by atoms with van der Waals surface area (Å²) >= 11 is 1.78. The number of nitrogens with zero attached hydrogens (tertiary/aromatic N) is 3. The second-order valence-electron chi connectivity index (χ2n) is 6.81. The number of aromatic nitrogens is 3. The first-order chi connectivity index (χ1) is 13.9. The largest absolute Gasteiger partial charge is 0.308 e. The number of hydrogen-bond acceptors (Lipinski definition) is 3. The van der Waals surface area contributed by atoms with Crippen molar-refractivity contribution in [2.24, 2.45) is 0 Å². The van der Waals surface area contributed by atoms with Gasteiger partial charge in [-0.3, -0.25) is 0 Å². The quantitative estimate of drug-likeness (QED) is 0.347. The highest BCUT2D eigenvalue weighted by molar-refractivity contribution is 7.17. The molecule has 6 rings (SSSR count). The first-order valence-electron chi connectivity index (χ1n) is 9.18. The lowest BCUT2D eigenvalue weighted by molar-refractivity contribution is 1.01. The number of benzene rings is 3. The molecule has 0 radical (unpaired) electrons. The molecule has 3 aromatic heterocycles. The highest BCUT2D eigenvalue weighted by Gasteiger charge is 2.15. The minimum absolute atomic E-state index is 0.876. The Labute approximate surface area is 165 Å². The van der Waals surface area contributed by atoms with Crippen molar-refractivity contribution < 1.29 is 0 Å². The second-order valence-corrected chi connectivity index (χ2v) is 7.76. The fourth-order valence-electron chi connectivity index (χ4n) is 4.02. The molecule has 0 aliphatic rings. The van der Waals surface area contributed by atoms with E-state index in [1.807, 2.05) is 24.4 Å². The van der Waals surface area contributed by atoms with Crippen molar-refractivity contribution in [2.45, 2.75) is 0 Å². The van der Waals surface area contributed by atoms with Crippen LogP contribution in [0, 0.1) is 0 Å². The van der Waals surface area contributed by atoms with Gasteiger partial charge in [-0.1, -0.05) is 48.5 Å². The third-order valence-electron chi connectivity index (χ3n) is 5.24. The van der Waals surface area contributed by atoms with Crippen molar-refractivity contribution in [1.29, 1.82) is 0 Å². The van der Waals surface area contributed by atoms with Crippen LogP contribution in [-0.2, 0) is 0 Å². The van der Waals surface area contributed by atoms with Crippen molar-refractivity contribution in [3.63, 3.8) is 0 Å². The third kappa shape index (κ3) is 2.22. The average molecular weight is 377 g/mol. The van der Waals surface area contributed by atoms with Gasteiger partial charge in [-0.2, -0.15) is 10.2 Å². The van der Waals surface area contributed by atoms with Crippen LogP contribution in [0.5, 0.6) is 0 Å². The van der Waals surface area contributed by atoms with Gasteiger partial charge in [0, 0.05) is 26.4 Å². The minimum atomic E-state index is 0.876. The number of para-hydroxylation sites is 1. The van der Waals surface area contributed by atoms with Gasteiger partial charge >= 0.3 is 0 Å². The summed E-state index contributed by atoms with van der Waals surface area (Å²) in [4.78, 5) is 0. The normalized spacial score (nSPS) is 11.6. The Balaban J connectivity index is 1.71. The van der Waals surface area contributed by atoms with E-state index in [9.17, 15) is 0 Å². The Morgan fingerprint density at radius 3 is 2.54 bits per heavy atom. The second kappa shape index (κ2) is 6.01. The zero-order valence-electron chi connectivity index (χ0n) is 14.9. The molecular weight excluding hydrogens is 362 g/mol. The Morgan fingerprint density at radius 2 is 1.61 bits per heavy atom. The maximum absolute atomic E-state index is 4.36. The molecule has 3 heterocycles. The van der Waals surface area contributed by atoms with Crippen molar-refractivity contribution in [2.75, 3.05) is 0 Å². The van der Waals surface area contributed by atoms with Crippen LogP contribution in [0.2, 0.25) is 0 Å². The molecule has 0 aliphatic carbocycles. The zero-order valence-corrected chi connectivity index (χ0v) is 15.7. The first-order valence-corrected chi connectivity index (χ1v) is 10.1. The molecule has 0 saturated heterocycles. The van der Waals surface area contributed by atoms with Gasteiger partial charge in [0.05, 0.1) is 28.6 Å². The standard InChI is InChI=1S/C24H15N3S/c1-2-6-16(7-3-1)20-14-17(15-25-26-20)27-21-9-5-4-8-18(21)24-19-12-13-28-23(19)11-10-22(24)27/h1-15H. The number of thiophene rings is 1. The Hall–Kier alpha value is -3.50. The fourth-order valence-corrected chi connectivity index (χ4v) is 4.81. The SMILES string of the molecule is c1ccc(-c2cc(-n3c4ccccc4c4c5ccsc5ccc43)cnn2)cc1. The maximum Gasteiger partial charge on any atom is 0.0950 e. The molecule has 132 valence electrons. The van der Waals surface area contributed by atoms with E-state index in [0.29, 0.717) is 0 Å². The smallest absolute Gasteiger partial charge is 0.0950 e. The summed E-state index contributed by atoms with van der Waals surface area (Å²) in [6, 6.07) is 27.5. The van der Waals surface area contributed by atoms with E-state index in [2.05, 4.69) is 80.8 Å². The molecule has 0 N–H and O–H groups in total. The first kappa shape index (κ1) is 15.5. The van der Waals surface area contributed by atoms with Gasteiger partial charge in [0.2, 0.25) is 0 Å². The van der Waals surface area contributed by atoms with Crippen LogP contribution in [0.4, 0.5) is 0 Å². The Kier molecular flexibility index (Phi) is 3.34. The molecule has 0 bridgehead atoms. The molecule has 0 spiro atoms. The highest BCUT2D eigenvalue weighted by atomic mass is 32.1. The van der Waals surface area contributed by atoms with Crippen LogP contribution in [-0.4, -0.2) is 14.8 Å². The van der Waals surface area contributed by atoms with E-state index < -0.39 is 0 Å². The molecule has 0 amide bonds. The minimum Gasteiger partial charge on any atom is -0.308 e. The Morgan fingerprint density at radius 1 is 0.750 bits per heavy atom. The molecule has 6 aromatic rings. The molecule has 0 atom stereocenters. The topological polar surface area (TPSA) is 30.7 Å². The van der Waals surface area contributed by atoms with Gasteiger partial charge in [-0.15, -0.1) is 11.3 Å². The predicted molar refractivity (Wildman–Crippen MR) is 117 cm³/mol. The molecular formula is C24H15N3S. The number of fused-ring (bicyclic) bond motifs is 5. The van der Waals surface area contributed by atoms with Crippen LogP contribution >= 0.6 is 11.3 Å². The van der Waals surface area contributed by atoms with Gasteiger partial charge < -0.3 is 4.57 Å². The number of hydrogen-bond donors (Lipinski definition) is 0. The molecule has 4 heteroatoms. The monoisotopic (exact) mass is 377 g/mol. The summed E-state index contributed by atoms with van der Waals surface area (Å²) in [5.74, 6) is 0. The van der Waals surface area contributed by atoms with E-state index in [1.165, 1.54) is 31.9 Å². The lowest BCUT2D eigenvalue weighted by Crippen LogP contribution is -1.97. The van der Waals surface area contributed by atoms with Gasteiger partial charge in [0.1, 0.15) is 0 Å². The number of rotatable bonds is 2. The van der Waals surface area contributed by atoms with Crippen molar-refractivity contribution in [3.05, 3.63) is 90.4 Å². The molecule has 0 saturated carbocycles. The fraction of sp³-hybridized carbons (Fsp3) is 0. The predicted octanol–water partition coefficient (Wildman–Crippen LogP) is 6.46.